The molecular weight excluding hydrogens is 347 g/mol. The van der Waals surface area contributed by atoms with Crippen LogP contribution in [-0.2, 0) is 11.2 Å². The minimum atomic E-state index is -0.291. The lowest BCUT2D eigenvalue weighted by molar-refractivity contribution is 0.0933. The third-order valence-electron chi connectivity index (χ3n) is 4.71. The molecule has 1 N–H and O–H groups in total. The molecule has 27 heavy (non-hydrogen) atoms. The van der Waals surface area contributed by atoms with Crippen LogP contribution >= 0.6 is 0 Å². The molecule has 1 atom stereocenters. The maximum absolute atomic E-state index is 13.2. The van der Waals surface area contributed by atoms with Gasteiger partial charge >= 0.3 is 0 Å². The number of hydrogen-bond donors (Lipinski definition) is 1. The number of halogens is 1. The number of nitrogens with one attached hydrogen (secondary N) is 1. The third kappa shape index (κ3) is 4.60. The highest BCUT2D eigenvalue weighted by Gasteiger charge is 2.20. The first kappa shape index (κ1) is 19.2. The quantitative estimate of drug-likeness (QED) is 0.845. The number of morpholine rings is 1. The van der Waals surface area contributed by atoms with Crippen LogP contribution in [0.1, 0.15) is 47.9 Å². The van der Waals surface area contributed by atoms with E-state index in [9.17, 15) is 9.18 Å². The predicted molar refractivity (Wildman–Crippen MR) is 101 cm³/mol. The number of amides is 1. The van der Waals surface area contributed by atoms with Gasteiger partial charge in [-0.05, 0) is 30.5 Å². The van der Waals surface area contributed by atoms with Crippen LogP contribution in [0.15, 0.2) is 30.5 Å². The minimum Gasteiger partial charge on any atom is -0.378 e. The molecule has 0 aliphatic carbocycles. The zero-order valence-corrected chi connectivity index (χ0v) is 15.7. The first-order valence-corrected chi connectivity index (χ1v) is 9.37. The van der Waals surface area contributed by atoms with Crippen molar-refractivity contribution in [2.45, 2.75) is 32.7 Å². The highest BCUT2D eigenvalue weighted by Crippen LogP contribution is 2.19. The number of nitrogens with zero attached hydrogens (tertiary/aromatic N) is 3. The number of carbonyl (C=O) groups excluding carboxylic acids is 1. The second kappa shape index (κ2) is 8.90. The Labute approximate surface area is 158 Å². The van der Waals surface area contributed by atoms with Crippen LogP contribution in [0.2, 0.25) is 0 Å². The lowest BCUT2D eigenvalue weighted by Gasteiger charge is -2.27. The van der Waals surface area contributed by atoms with Crippen LogP contribution in [0.5, 0.6) is 0 Å². The Kier molecular flexibility index (Phi) is 6.34. The van der Waals surface area contributed by atoms with E-state index < -0.39 is 0 Å². The number of anilines is 1. The van der Waals surface area contributed by atoms with Crippen LogP contribution in [0.3, 0.4) is 0 Å². The smallest absolute Gasteiger partial charge is 0.255 e. The first-order valence-electron chi connectivity index (χ1n) is 9.37. The molecule has 1 saturated heterocycles. The van der Waals surface area contributed by atoms with Gasteiger partial charge in [0.1, 0.15) is 5.82 Å². The van der Waals surface area contributed by atoms with Gasteiger partial charge in [-0.25, -0.2) is 14.4 Å². The summed E-state index contributed by atoms with van der Waals surface area (Å²) in [6.07, 6.45) is 2.94. The fourth-order valence-corrected chi connectivity index (χ4v) is 3.13. The second-order valence-corrected chi connectivity index (χ2v) is 6.47. The Balaban J connectivity index is 1.77. The van der Waals surface area contributed by atoms with Gasteiger partial charge in [-0.1, -0.05) is 26.0 Å². The minimum absolute atomic E-state index is 0.193. The van der Waals surface area contributed by atoms with E-state index in [1.807, 2.05) is 13.8 Å². The summed E-state index contributed by atoms with van der Waals surface area (Å²) in [5, 5.41) is 3.02. The largest absolute Gasteiger partial charge is 0.378 e. The van der Waals surface area contributed by atoms with E-state index in [2.05, 4.69) is 20.2 Å². The van der Waals surface area contributed by atoms with Gasteiger partial charge in [0.2, 0.25) is 5.95 Å². The van der Waals surface area contributed by atoms with Gasteiger partial charge in [0, 0.05) is 19.3 Å². The predicted octanol–water partition coefficient (Wildman–Crippen LogP) is 2.90. The summed E-state index contributed by atoms with van der Waals surface area (Å²) in [6, 6.07) is 6.01. The van der Waals surface area contributed by atoms with E-state index in [4.69, 9.17) is 4.74 Å². The van der Waals surface area contributed by atoms with E-state index in [1.165, 1.54) is 12.1 Å². The maximum atomic E-state index is 13.2. The van der Waals surface area contributed by atoms with Crippen LogP contribution in [0.25, 0.3) is 0 Å². The van der Waals surface area contributed by atoms with E-state index in [0.29, 0.717) is 37.6 Å². The average Bonchev–Trinajstić information content (AvgIpc) is 2.72. The molecule has 144 valence electrons. The van der Waals surface area contributed by atoms with E-state index in [0.717, 1.165) is 24.3 Å². The summed E-state index contributed by atoms with van der Waals surface area (Å²) in [7, 11) is 0. The van der Waals surface area contributed by atoms with E-state index in [1.54, 1.807) is 18.3 Å². The van der Waals surface area contributed by atoms with Gasteiger partial charge in [-0.2, -0.15) is 0 Å². The van der Waals surface area contributed by atoms with Crippen molar-refractivity contribution >= 4 is 11.9 Å². The number of carbonyl (C=O) groups is 1. The highest BCUT2D eigenvalue weighted by atomic mass is 19.1. The van der Waals surface area contributed by atoms with Gasteiger partial charge in [0.05, 0.1) is 30.5 Å². The molecule has 2 aromatic rings. The number of rotatable bonds is 6. The molecule has 7 heteroatoms. The first-order chi connectivity index (χ1) is 13.1. The standard InChI is InChI=1S/C20H25FN4O2/c1-3-17(14-5-7-15(21)8-6-14)23-19(26)16-13-22-20(24-18(16)4-2)25-9-11-27-12-10-25/h5-8,13,17H,3-4,9-12H2,1-2H3,(H,23,26)/t17-/m0/s1. The Bertz CT molecular complexity index is 776. The second-order valence-electron chi connectivity index (χ2n) is 6.47. The molecule has 1 aliphatic heterocycles. The number of hydrogen-bond acceptors (Lipinski definition) is 5. The van der Waals surface area contributed by atoms with Gasteiger partial charge in [-0.15, -0.1) is 0 Å². The monoisotopic (exact) mass is 372 g/mol. The zero-order valence-electron chi connectivity index (χ0n) is 15.7. The molecule has 1 amide bonds. The fourth-order valence-electron chi connectivity index (χ4n) is 3.13. The summed E-state index contributed by atoms with van der Waals surface area (Å²) in [5.41, 5.74) is 2.07. The molecule has 0 unspecified atom stereocenters. The van der Waals surface area contributed by atoms with Gasteiger partial charge in [-0.3, -0.25) is 4.79 Å². The summed E-state index contributed by atoms with van der Waals surface area (Å²) in [6.45, 7) is 6.76. The van der Waals surface area contributed by atoms with Crippen molar-refractivity contribution in [1.82, 2.24) is 15.3 Å². The molecule has 1 fully saturated rings. The van der Waals surface area contributed by atoms with Crippen molar-refractivity contribution in [2.24, 2.45) is 0 Å². The molecule has 0 bridgehead atoms. The van der Waals surface area contributed by atoms with Crippen molar-refractivity contribution in [3.63, 3.8) is 0 Å². The zero-order chi connectivity index (χ0) is 19.2. The molecule has 1 aromatic carbocycles. The van der Waals surface area contributed by atoms with Crippen molar-refractivity contribution < 1.29 is 13.9 Å². The van der Waals surface area contributed by atoms with E-state index in [-0.39, 0.29) is 17.8 Å². The average molecular weight is 372 g/mol. The number of benzene rings is 1. The molecule has 2 heterocycles. The lowest BCUT2D eigenvalue weighted by Crippen LogP contribution is -2.37. The molecule has 6 nitrogen and oxygen atoms in total. The number of ether oxygens (including phenoxy) is 1. The number of aromatic nitrogens is 2. The van der Waals surface area contributed by atoms with E-state index >= 15 is 0 Å². The van der Waals surface area contributed by atoms with Crippen molar-refractivity contribution in [3.05, 3.63) is 53.1 Å². The summed E-state index contributed by atoms with van der Waals surface area (Å²) >= 11 is 0. The molecule has 3 rings (SSSR count). The van der Waals surface area contributed by atoms with Crippen molar-refractivity contribution in [3.8, 4) is 0 Å². The Hall–Kier alpha value is -2.54. The Morgan fingerprint density at radius 2 is 1.96 bits per heavy atom. The third-order valence-corrected chi connectivity index (χ3v) is 4.71. The highest BCUT2D eigenvalue weighted by molar-refractivity contribution is 5.95. The SMILES string of the molecule is CCc1nc(N2CCOCC2)ncc1C(=O)N[C@@H](CC)c1ccc(F)cc1. The molecule has 1 aromatic heterocycles. The Morgan fingerprint density at radius 1 is 1.26 bits per heavy atom. The number of aryl methyl sites for hydroxylation is 1. The van der Waals surface area contributed by atoms with Crippen LogP contribution in [-0.4, -0.2) is 42.2 Å². The van der Waals surface area contributed by atoms with Crippen LogP contribution in [0.4, 0.5) is 10.3 Å². The van der Waals surface area contributed by atoms with Gasteiger partial charge in [0.15, 0.2) is 0 Å². The summed E-state index contributed by atoms with van der Waals surface area (Å²) < 4.78 is 18.5. The molecule has 0 radical (unpaired) electrons. The van der Waals surface area contributed by atoms with Crippen LogP contribution < -0.4 is 10.2 Å². The fraction of sp³-hybridized carbons (Fsp3) is 0.450. The molecular formula is C20H25FN4O2. The van der Waals surface area contributed by atoms with Gasteiger partial charge < -0.3 is 15.0 Å². The summed E-state index contributed by atoms with van der Waals surface area (Å²) in [4.78, 5) is 23.9. The topological polar surface area (TPSA) is 67.3 Å². The lowest BCUT2D eigenvalue weighted by atomic mass is 10.0. The van der Waals surface area contributed by atoms with Crippen molar-refractivity contribution in [2.75, 3.05) is 31.2 Å². The van der Waals surface area contributed by atoms with Crippen molar-refractivity contribution in [1.29, 1.82) is 0 Å². The van der Waals surface area contributed by atoms with Crippen LogP contribution in [0, 0.1) is 5.82 Å². The van der Waals surface area contributed by atoms with Gasteiger partial charge in [0.25, 0.3) is 5.91 Å². The normalized spacial score (nSPS) is 15.4. The summed E-state index contributed by atoms with van der Waals surface area (Å²) in [5.74, 6) is 0.133. The molecule has 0 spiro atoms. The Morgan fingerprint density at radius 3 is 2.59 bits per heavy atom. The molecule has 1 aliphatic rings. The maximum Gasteiger partial charge on any atom is 0.255 e. The molecule has 0 saturated carbocycles.